The molecule has 1 fully saturated rings. The van der Waals surface area contributed by atoms with E-state index < -0.39 is 0 Å². The lowest BCUT2D eigenvalue weighted by molar-refractivity contribution is -0.131. The fourth-order valence-electron chi connectivity index (χ4n) is 2.76. The van der Waals surface area contributed by atoms with Gasteiger partial charge >= 0.3 is 0 Å². The first kappa shape index (κ1) is 16.5. The number of hydrogen-bond donors (Lipinski definition) is 0. The highest BCUT2D eigenvalue weighted by Gasteiger charge is 2.24. The van der Waals surface area contributed by atoms with Gasteiger partial charge in [0.05, 0.1) is 12.0 Å². The number of nitrogens with zero attached hydrogens (tertiary/aromatic N) is 3. The number of halogens is 1. The van der Waals surface area contributed by atoms with Crippen LogP contribution in [-0.4, -0.2) is 52.8 Å². The van der Waals surface area contributed by atoms with Crippen LogP contribution in [0.1, 0.15) is 15.9 Å². The van der Waals surface area contributed by atoms with Gasteiger partial charge in [-0.25, -0.2) is 0 Å². The van der Waals surface area contributed by atoms with Crippen LogP contribution in [0, 0.1) is 0 Å². The fourth-order valence-corrected chi connectivity index (χ4v) is 2.98. The molecule has 24 heavy (non-hydrogen) atoms. The Balaban J connectivity index is 1.55. The van der Waals surface area contributed by atoms with E-state index in [1.165, 1.54) is 0 Å². The minimum absolute atomic E-state index is 0.0370. The quantitative estimate of drug-likeness (QED) is 0.859. The third kappa shape index (κ3) is 3.92. The fraction of sp³-hybridized carbons (Fsp3) is 0.278. The van der Waals surface area contributed by atoms with Crippen molar-refractivity contribution in [1.82, 2.24) is 14.8 Å². The highest BCUT2D eigenvalue weighted by atomic mass is 35.5. The maximum Gasteiger partial charge on any atom is 0.255 e. The van der Waals surface area contributed by atoms with Crippen LogP contribution in [0.5, 0.6) is 0 Å². The number of piperazine rings is 1. The first-order valence-electron chi connectivity index (χ1n) is 7.85. The van der Waals surface area contributed by atoms with E-state index in [4.69, 9.17) is 11.6 Å². The molecule has 5 nitrogen and oxygen atoms in total. The molecule has 0 radical (unpaired) electrons. The Hall–Kier alpha value is -2.40. The first-order chi connectivity index (χ1) is 11.6. The van der Waals surface area contributed by atoms with Gasteiger partial charge in [-0.15, -0.1) is 0 Å². The van der Waals surface area contributed by atoms with E-state index in [1.807, 2.05) is 18.2 Å². The molecular formula is C18H18ClN3O2. The van der Waals surface area contributed by atoms with Gasteiger partial charge in [0.2, 0.25) is 5.91 Å². The van der Waals surface area contributed by atoms with Gasteiger partial charge in [0.25, 0.3) is 5.91 Å². The Morgan fingerprint density at radius 3 is 2.46 bits per heavy atom. The second kappa shape index (κ2) is 7.45. The standard InChI is InChI=1S/C18H18ClN3O2/c19-16-5-1-3-14(11-16)12-17(23)21-7-9-22(10-8-21)18(24)15-4-2-6-20-13-15/h1-6,11,13H,7-10,12H2. The number of rotatable bonds is 3. The number of hydrogen-bond acceptors (Lipinski definition) is 3. The molecule has 0 aliphatic carbocycles. The summed E-state index contributed by atoms with van der Waals surface area (Å²) in [7, 11) is 0. The summed E-state index contributed by atoms with van der Waals surface area (Å²) in [6, 6.07) is 10.8. The van der Waals surface area contributed by atoms with E-state index in [-0.39, 0.29) is 11.8 Å². The maximum atomic E-state index is 12.4. The lowest BCUT2D eigenvalue weighted by atomic mass is 10.1. The smallest absolute Gasteiger partial charge is 0.255 e. The van der Waals surface area contributed by atoms with E-state index in [0.29, 0.717) is 43.2 Å². The molecule has 1 aliphatic heterocycles. The van der Waals surface area contributed by atoms with Gasteiger partial charge < -0.3 is 9.80 Å². The Kier molecular flexibility index (Phi) is 5.11. The molecule has 1 aromatic carbocycles. The van der Waals surface area contributed by atoms with Crippen LogP contribution >= 0.6 is 11.6 Å². The van der Waals surface area contributed by atoms with Crippen LogP contribution in [0.25, 0.3) is 0 Å². The van der Waals surface area contributed by atoms with Crippen molar-refractivity contribution in [2.75, 3.05) is 26.2 Å². The molecular weight excluding hydrogens is 326 g/mol. The van der Waals surface area contributed by atoms with E-state index in [1.54, 1.807) is 40.4 Å². The van der Waals surface area contributed by atoms with Gasteiger partial charge in [-0.2, -0.15) is 0 Å². The highest BCUT2D eigenvalue weighted by Crippen LogP contribution is 2.13. The number of aromatic nitrogens is 1. The van der Waals surface area contributed by atoms with E-state index >= 15 is 0 Å². The minimum Gasteiger partial charge on any atom is -0.339 e. The second-order valence-electron chi connectivity index (χ2n) is 5.72. The predicted molar refractivity (Wildman–Crippen MR) is 91.9 cm³/mol. The summed E-state index contributed by atoms with van der Waals surface area (Å²) in [4.78, 5) is 32.3. The lowest BCUT2D eigenvalue weighted by Gasteiger charge is -2.34. The van der Waals surface area contributed by atoms with Gasteiger partial charge in [0.1, 0.15) is 0 Å². The largest absolute Gasteiger partial charge is 0.339 e. The zero-order chi connectivity index (χ0) is 16.9. The van der Waals surface area contributed by atoms with Crippen molar-refractivity contribution in [2.24, 2.45) is 0 Å². The molecule has 2 heterocycles. The molecule has 2 amide bonds. The van der Waals surface area contributed by atoms with Crippen molar-refractivity contribution in [1.29, 1.82) is 0 Å². The van der Waals surface area contributed by atoms with Crippen molar-refractivity contribution in [3.8, 4) is 0 Å². The summed E-state index contributed by atoms with van der Waals surface area (Å²) in [5, 5.41) is 0.632. The predicted octanol–water partition coefficient (Wildman–Crippen LogP) is 2.26. The molecule has 1 saturated heterocycles. The SMILES string of the molecule is O=C(Cc1cccc(Cl)c1)N1CCN(C(=O)c2cccnc2)CC1. The Morgan fingerprint density at radius 2 is 1.79 bits per heavy atom. The molecule has 6 heteroatoms. The first-order valence-corrected chi connectivity index (χ1v) is 8.23. The molecule has 124 valence electrons. The lowest BCUT2D eigenvalue weighted by Crippen LogP contribution is -2.51. The molecule has 0 atom stereocenters. The molecule has 1 aliphatic rings. The molecule has 0 N–H and O–H groups in total. The van der Waals surface area contributed by atoms with Gasteiger partial charge in [0.15, 0.2) is 0 Å². The van der Waals surface area contributed by atoms with Crippen LogP contribution in [0.2, 0.25) is 5.02 Å². The summed E-state index contributed by atoms with van der Waals surface area (Å²) >= 11 is 5.95. The molecule has 0 bridgehead atoms. The van der Waals surface area contributed by atoms with Crippen molar-refractivity contribution < 1.29 is 9.59 Å². The van der Waals surface area contributed by atoms with Gasteiger partial charge in [-0.3, -0.25) is 14.6 Å². The summed E-state index contributed by atoms with van der Waals surface area (Å²) in [5.41, 5.74) is 1.48. The molecule has 2 aromatic rings. The zero-order valence-electron chi connectivity index (χ0n) is 13.2. The van der Waals surface area contributed by atoms with E-state index in [2.05, 4.69) is 4.98 Å². The normalized spacial score (nSPS) is 14.5. The van der Waals surface area contributed by atoms with Crippen LogP contribution in [0.3, 0.4) is 0 Å². The van der Waals surface area contributed by atoms with Crippen molar-refractivity contribution in [3.05, 3.63) is 64.9 Å². The number of amides is 2. The number of benzene rings is 1. The third-order valence-corrected chi connectivity index (χ3v) is 4.31. The Morgan fingerprint density at radius 1 is 1.04 bits per heavy atom. The number of carbonyl (C=O) groups excluding carboxylic acids is 2. The summed E-state index contributed by atoms with van der Waals surface area (Å²) in [6.07, 6.45) is 3.54. The van der Waals surface area contributed by atoms with Crippen molar-refractivity contribution >= 4 is 23.4 Å². The molecule has 0 unspecified atom stereocenters. The van der Waals surface area contributed by atoms with Crippen LogP contribution in [0.15, 0.2) is 48.8 Å². The van der Waals surface area contributed by atoms with Gasteiger partial charge in [-0.1, -0.05) is 23.7 Å². The molecule has 0 saturated carbocycles. The van der Waals surface area contributed by atoms with Crippen LogP contribution in [-0.2, 0) is 11.2 Å². The second-order valence-corrected chi connectivity index (χ2v) is 6.16. The number of carbonyl (C=O) groups is 2. The van der Waals surface area contributed by atoms with Crippen LogP contribution < -0.4 is 0 Å². The molecule has 0 spiro atoms. The topological polar surface area (TPSA) is 53.5 Å². The monoisotopic (exact) mass is 343 g/mol. The number of pyridine rings is 1. The Bertz CT molecular complexity index is 728. The third-order valence-electron chi connectivity index (χ3n) is 4.07. The highest BCUT2D eigenvalue weighted by molar-refractivity contribution is 6.30. The van der Waals surface area contributed by atoms with Gasteiger partial charge in [-0.05, 0) is 29.8 Å². The van der Waals surface area contributed by atoms with Gasteiger partial charge in [0, 0.05) is 43.6 Å². The molecule has 1 aromatic heterocycles. The van der Waals surface area contributed by atoms with Crippen molar-refractivity contribution in [2.45, 2.75) is 6.42 Å². The maximum absolute atomic E-state index is 12.4. The van der Waals surface area contributed by atoms with Crippen molar-refractivity contribution in [3.63, 3.8) is 0 Å². The summed E-state index contributed by atoms with van der Waals surface area (Å²) in [5.74, 6) is 0.0239. The van der Waals surface area contributed by atoms with E-state index in [0.717, 1.165) is 5.56 Å². The Labute approximate surface area is 145 Å². The average Bonchev–Trinajstić information content (AvgIpc) is 2.62. The minimum atomic E-state index is -0.0370. The van der Waals surface area contributed by atoms with Crippen LogP contribution in [0.4, 0.5) is 0 Å². The summed E-state index contributed by atoms with van der Waals surface area (Å²) < 4.78 is 0. The van der Waals surface area contributed by atoms with E-state index in [9.17, 15) is 9.59 Å². The molecule has 3 rings (SSSR count). The summed E-state index contributed by atoms with van der Waals surface area (Å²) in [6.45, 7) is 2.17. The zero-order valence-corrected chi connectivity index (χ0v) is 13.9. The average molecular weight is 344 g/mol.